The molecule has 0 spiro atoms. The van der Waals surface area contributed by atoms with Gasteiger partial charge in [0.25, 0.3) is 0 Å². The number of amides is 3. The minimum absolute atomic E-state index is 0.0554. The van der Waals surface area contributed by atoms with E-state index in [-0.39, 0.29) is 11.9 Å². The van der Waals surface area contributed by atoms with Crippen molar-refractivity contribution < 1.29 is 9.59 Å². The van der Waals surface area contributed by atoms with E-state index < -0.39 is 0 Å². The lowest BCUT2D eigenvalue weighted by molar-refractivity contribution is -0.130. The number of nitrogens with one attached hydrogen (secondary N) is 1. The number of hydrogen-bond donors (Lipinski definition) is 1. The van der Waals surface area contributed by atoms with Crippen LogP contribution >= 0.6 is 11.3 Å². The molecule has 0 aliphatic carbocycles. The van der Waals surface area contributed by atoms with E-state index in [2.05, 4.69) is 10.3 Å². The van der Waals surface area contributed by atoms with Gasteiger partial charge in [0, 0.05) is 51.4 Å². The molecule has 0 atom stereocenters. The third-order valence-electron chi connectivity index (χ3n) is 3.34. The Hall–Kier alpha value is -1.63. The Labute approximate surface area is 122 Å². The molecule has 110 valence electrons. The average Bonchev–Trinajstić information content (AvgIpc) is 2.84. The molecule has 20 heavy (non-hydrogen) atoms. The molecule has 2 rings (SSSR count). The van der Waals surface area contributed by atoms with Gasteiger partial charge in [0.15, 0.2) is 0 Å². The lowest BCUT2D eigenvalue weighted by Gasteiger charge is -2.34. The number of urea groups is 1. The second kappa shape index (κ2) is 6.69. The maximum absolute atomic E-state index is 12.0. The summed E-state index contributed by atoms with van der Waals surface area (Å²) in [7, 11) is 0. The highest BCUT2D eigenvalue weighted by molar-refractivity contribution is 7.09. The van der Waals surface area contributed by atoms with Crippen LogP contribution < -0.4 is 5.32 Å². The van der Waals surface area contributed by atoms with Crippen LogP contribution in [0.5, 0.6) is 0 Å². The fourth-order valence-corrected chi connectivity index (χ4v) is 2.80. The number of thiazole rings is 1. The zero-order valence-electron chi connectivity index (χ0n) is 11.9. The first kappa shape index (κ1) is 14.8. The Kier molecular flexibility index (Phi) is 4.94. The summed E-state index contributed by atoms with van der Waals surface area (Å²) in [6.07, 6.45) is 0.753. The lowest BCUT2D eigenvalue weighted by atomic mass is 10.3. The Bertz CT molecular complexity index is 480. The molecule has 1 saturated heterocycles. The predicted molar refractivity (Wildman–Crippen MR) is 77.8 cm³/mol. The summed E-state index contributed by atoms with van der Waals surface area (Å²) in [5.41, 5.74) is 1.02. The number of hydrogen-bond acceptors (Lipinski definition) is 4. The number of aromatic nitrogens is 1. The van der Waals surface area contributed by atoms with Gasteiger partial charge in [0.1, 0.15) is 0 Å². The molecule has 0 radical (unpaired) electrons. The van der Waals surface area contributed by atoms with Crippen molar-refractivity contribution in [3.05, 3.63) is 16.1 Å². The van der Waals surface area contributed by atoms with E-state index in [4.69, 9.17) is 0 Å². The van der Waals surface area contributed by atoms with E-state index in [1.54, 1.807) is 28.1 Å². The van der Waals surface area contributed by atoms with Crippen molar-refractivity contribution >= 4 is 23.3 Å². The highest BCUT2D eigenvalue weighted by Crippen LogP contribution is 2.08. The van der Waals surface area contributed by atoms with Gasteiger partial charge < -0.3 is 15.1 Å². The predicted octanol–water partition coefficient (Wildman–Crippen LogP) is 0.868. The van der Waals surface area contributed by atoms with Crippen LogP contribution in [0.15, 0.2) is 5.38 Å². The largest absolute Gasteiger partial charge is 0.339 e. The second-order valence-corrected chi connectivity index (χ2v) is 5.90. The number of piperazine rings is 1. The van der Waals surface area contributed by atoms with Gasteiger partial charge in [-0.3, -0.25) is 4.79 Å². The standard InChI is InChI=1S/C13H20N4O2S/c1-10-15-12(9-20-10)3-4-14-13(19)17-7-5-16(6-8-17)11(2)18/h9H,3-8H2,1-2H3,(H,14,19). The van der Waals surface area contributed by atoms with Crippen LogP contribution in [0.3, 0.4) is 0 Å². The summed E-state index contributed by atoms with van der Waals surface area (Å²) >= 11 is 1.62. The molecule has 1 fully saturated rings. The van der Waals surface area contributed by atoms with Crippen LogP contribution in [0, 0.1) is 6.92 Å². The highest BCUT2D eigenvalue weighted by atomic mass is 32.1. The molecule has 7 heteroatoms. The number of aryl methyl sites for hydroxylation is 1. The van der Waals surface area contributed by atoms with Crippen LogP contribution in [0.1, 0.15) is 17.6 Å². The first-order valence-electron chi connectivity index (χ1n) is 6.75. The topological polar surface area (TPSA) is 65.5 Å². The third-order valence-corrected chi connectivity index (χ3v) is 4.16. The van der Waals surface area contributed by atoms with E-state index in [9.17, 15) is 9.59 Å². The monoisotopic (exact) mass is 296 g/mol. The fraction of sp³-hybridized carbons (Fsp3) is 0.615. The summed E-state index contributed by atoms with van der Waals surface area (Å²) in [6, 6.07) is -0.0554. The molecule has 1 aromatic heterocycles. The zero-order chi connectivity index (χ0) is 14.5. The Balaban J connectivity index is 1.69. The molecule has 6 nitrogen and oxygen atoms in total. The first-order valence-corrected chi connectivity index (χ1v) is 7.63. The van der Waals surface area contributed by atoms with Crippen molar-refractivity contribution in [2.24, 2.45) is 0 Å². The van der Waals surface area contributed by atoms with Crippen molar-refractivity contribution in [3.63, 3.8) is 0 Å². The van der Waals surface area contributed by atoms with Crippen LogP contribution in [-0.4, -0.2) is 59.4 Å². The van der Waals surface area contributed by atoms with E-state index in [0.717, 1.165) is 17.1 Å². The molecule has 0 aromatic carbocycles. The maximum Gasteiger partial charge on any atom is 0.317 e. The maximum atomic E-state index is 12.0. The van der Waals surface area contributed by atoms with Crippen molar-refractivity contribution in [1.82, 2.24) is 20.1 Å². The smallest absolute Gasteiger partial charge is 0.317 e. The summed E-state index contributed by atoms with van der Waals surface area (Å²) in [5.74, 6) is 0.0731. The summed E-state index contributed by atoms with van der Waals surface area (Å²) < 4.78 is 0. The van der Waals surface area contributed by atoms with Gasteiger partial charge in [-0.1, -0.05) is 0 Å². The first-order chi connectivity index (χ1) is 9.56. The van der Waals surface area contributed by atoms with Gasteiger partial charge in [0.05, 0.1) is 10.7 Å². The quantitative estimate of drug-likeness (QED) is 0.900. The molecule has 1 N–H and O–H groups in total. The molecular weight excluding hydrogens is 276 g/mol. The van der Waals surface area contributed by atoms with Crippen molar-refractivity contribution in [2.75, 3.05) is 32.7 Å². The van der Waals surface area contributed by atoms with Gasteiger partial charge in [-0.25, -0.2) is 9.78 Å². The molecule has 2 heterocycles. The van der Waals surface area contributed by atoms with E-state index in [1.165, 1.54) is 0 Å². The minimum atomic E-state index is -0.0554. The van der Waals surface area contributed by atoms with E-state index >= 15 is 0 Å². The van der Waals surface area contributed by atoms with Crippen LogP contribution in [-0.2, 0) is 11.2 Å². The second-order valence-electron chi connectivity index (χ2n) is 4.83. The van der Waals surface area contributed by atoms with Crippen molar-refractivity contribution in [1.29, 1.82) is 0 Å². The number of carbonyl (C=O) groups is 2. The summed E-state index contributed by atoms with van der Waals surface area (Å²) in [4.78, 5) is 31.1. The fourth-order valence-electron chi connectivity index (χ4n) is 2.16. The normalized spacial score (nSPS) is 15.3. The molecule has 0 bridgehead atoms. The van der Waals surface area contributed by atoms with Gasteiger partial charge in [-0.15, -0.1) is 11.3 Å². The summed E-state index contributed by atoms with van der Waals surface area (Å²) in [5, 5.41) is 5.97. The van der Waals surface area contributed by atoms with Crippen LogP contribution in [0.4, 0.5) is 4.79 Å². The van der Waals surface area contributed by atoms with Crippen molar-refractivity contribution in [2.45, 2.75) is 20.3 Å². The zero-order valence-corrected chi connectivity index (χ0v) is 12.7. The lowest BCUT2D eigenvalue weighted by Crippen LogP contribution is -2.52. The van der Waals surface area contributed by atoms with E-state index in [0.29, 0.717) is 32.7 Å². The summed E-state index contributed by atoms with van der Waals surface area (Å²) in [6.45, 7) is 6.56. The Morgan fingerprint density at radius 1 is 1.30 bits per heavy atom. The van der Waals surface area contributed by atoms with Crippen molar-refractivity contribution in [3.8, 4) is 0 Å². The SMILES string of the molecule is CC(=O)N1CCN(C(=O)NCCc2csc(C)n2)CC1. The molecule has 1 aliphatic rings. The van der Waals surface area contributed by atoms with E-state index in [1.807, 2.05) is 12.3 Å². The van der Waals surface area contributed by atoms with Gasteiger partial charge in [-0.05, 0) is 6.92 Å². The Morgan fingerprint density at radius 3 is 2.50 bits per heavy atom. The average molecular weight is 296 g/mol. The molecular formula is C13H20N4O2S. The van der Waals surface area contributed by atoms with Crippen LogP contribution in [0.25, 0.3) is 0 Å². The third kappa shape index (κ3) is 3.93. The number of nitrogens with zero attached hydrogens (tertiary/aromatic N) is 3. The minimum Gasteiger partial charge on any atom is -0.339 e. The van der Waals surface area contributed by atoms with Crippen LogP contribution in [0.2, 0.25) is 0 Å². The number of rotatable bonds is 3. The van der Waals surface area contributed by atoms with Gasteiger partial charge in [0.2, 0.25) is 5.91 Å². The molecule has 3 amide bonds. The Morgan fingerprint density at radius 2 is 1.95 bits per heavy atom. The highest BCUT2D eigenvalue weighted by Gasteiger charge is 2.21. The molecule has 1 aromatic rings. The van der Waals surface area contributed by atoms with Gasteiger partial charge in [-0.2, -0.15) is 0 Å². The molecule has 0 unspecified atom stereocenters. The molecule has 1 aliphatic heterocycles. The number of carbonyl (C=O) groups excluding carboxylic acids is 2. The molecule has 0 saturated carbocycles. The van der Waals surface area contributed by atoms with Gasteiger partial charge >= 0.3 is 6.03 Å².